The van der Waals surface area contributed by atoms with E-state index in [4.69, 9.17) is 0 Å². The van der Waals surface area contributed by atoms with Gasteiger partial charge in [-0.1, -0.05) is 18.2 Å². The predicted molar refractivity (Wildman–Crippen MR) is 85.3 cm³/mol. The average Bonchev–Trinajstić information content (AvgIpc) is 3.21. The highest BCUT2D eigenvalue weighted by Gasteiger charge is 2.19. The van der Waals surface area contributed by atoms with Crippen LogP contribution in [0.4, 0.5) is 0 Å². The largest absolute Gasteiger partial charge is 0.314 e. The van der Waals surface area contributed by atoms with E-state index in [9.17, 15) is 0 Å². The van der Waals surface area contributed by atoms with Crippen molar-refractivity contribution in [3.8, 4) is 0 Å². The SMILES string of the molecule is c1ccc(SCc2nnc(CCCNC3CC3)s2)cc1. The highest BCUT2D eigenvalue weighted by atomic mass is 32.2. The third kappa shape index (κ3) is 4.58. The van der Waals surface area contributed by atoms with Crippen molar-refractivity contribution in [1.29, 1.82) is 0 Å². The van der Waals surface area contributed by atoms with E-state index in [1.54, 1.807) is 11.3 Å². The lowest BCUT2D eigenvalue weighted by Gasteiger charge is -1.99. The van der Waals surface area contributed by atoms with Gasteiger partial charge in [0.15, 0.2) is 0 Å². The fraction of sp³-hybridized carbons (Fsp3) is 0.467. The number of rotatable bonds is 8. The molecular weight excluding hydrogens is 286 g/mol. The molecule has 0 amide bonds. The summed E-state index contributed by atoms with van der Waals surface area (Å²) in [7, 11) is 0. The van der Waals surface area contributed by atoms with Crippen LogP contribution in [0.3, 0.4) is 0 Å². The zero-order valence-corrected chi connectivity index (χ0v) is 13.1. The lowest BCUT2D eigenvalue weighted by atomic mass is 10.3. The van der Waals surface area contributed by atoms with Crippen LogP contribution in [0.25, 0.3) is 0 Å². The van der Waals surface area contributed by atoms with E-state index in [0.29, 0.717) is 0 Å². The van der Waals surface area contributed by atoms with Crippen LogP contribution in [0.2, 0.25) is 0 Å². The van der Waals surface area contributed by atoms with Crippen molar-refractivity contribution < 1.29 is 0 Å². The first-order valence-corrected chi connectivity index (χ1v) is 8.93. The second-order valence-corrected chi connectivity index (χ2v) is 7.22. The van der Waals surface area contributed by atoms with Gasteiger partial charge in [-0.05, 0) is 37.9 Å². The molecule has 0 bridgehead atoms. The Balaban J connectivity index is 1.39. The summed E-state index contributed by atoms with van der Waals surface area (Å²) in [6, 6.07) is 11.3. The molecule has 3 rings (SSSR count). The van der Waals surface area contributed by atoms with Crippen molar-refractivity contribution >= 4 is 23.1 Å². The maximum atomic E-state index is 4.29. The molecule has 106 valence electrons. The fourth-order valence-corrected chi connectivity index (χ4v) is 3.73. The van der Waals surface area contributed by atoms with Gasteiger partial charge < -0.3 is 5.32 Å². The van der Waals surface area contributed by atoms with Crippen molar-refractivity contribution in [3.05, 3.63) is 40.3 Å². The van der Waals surface area contributed by atoms with Gasteiger partial charge in [0.25, 0.3) is 0 Å². The van der Waals surface area contributed by atoms with Crippen LogP contribution in [-0.2, 0) is 12.2 Å². The number of hydrogen-bond acceptors (Lipinski definition) is 5. The van der Waals surface area contributed by atoms with E-state index < -0.39 is 0 Å². The molecule has 0 radical (unpaired) electrons. The zero-order valence-electron chi connectivity index (χ0n) is 11.4. The van der Waals surface area contributed by atoms with Gasteiger partial charge in [0.1, 0.15) is 10.0 Å². The Morgan fingerprint density at radius 1 is 1.15 bits per heavy atom. The Kier molecular flexibility index (Phi) is 5.06. The number of aryl methyl sites for hydroxylation is 1. The fourth-order valence-electron chi connectivity index (χ4n) is 1.94. The molecule has 1 aliphatic rings. The molecule has 1 fully saturated rings. The normalized spacial score (nSPS) is 14.6. The highest BCUT2D eigenvalue weighted by Crippen LogP contribution is 2.24. The Morgan fingerprint density at radius 3 is 2.75 bits per heavy atom. The molecule has 5 heteroatoms. The van der Waals surface area contributed by atoms with Crippen LogP contribution < -0.4 is 5.32 Å². The monoisotopic (exact) mass is 305 g/mol. The van der Waals surface area contributed by atoms with E-state index in [-0.39, 0.29) is 0 Å². The molecule has 0 spiro atoms. The third-order valence-electron chi connectivity index (χ3n) is 3.19. The molecule has 1 saturated carbocycles. The van der Waals surface area contributed by atoms with Crippen LogP contribution in [0.15, 0.2) is 35.2 Å². The zero-order chi connectivity index (χ0) is 13.6. The van der Waals surface area contributed by atoms with Crippen molar-refractivity contribution in [3.63, 3.8) is 0 Å². The number of thioether (sulfide) groups is 1. The van der Waals surface area contributed by atoms with Crippen molar-refractivity contribution in [2.24, 2.45) is 0 Å². The topological polar surface area (TPSA) is 37.8 Å². The number of nitrogens with one attached hydrogen (secondary N) is 1. The summed E-state index contributed by atoms with van der Waals surface area (Å²) in [4.78, 5) is 1.29. The van der Waals surface area contributed by atoms with Gasteiger partial charge in [0.2, 0.25) is 0 Å². The Bertz CT molecular complexity index is 523. The molecule has 0 atom stereocenters. The van der Waals surface area contributed by atoms with E-state index in [1.165, 1.54) is 22.7 Å². The van der Waals surface area contributed by atoms with Gasteiger partial charge >= 0.3 is 0 Å². The van der Waals surface area contributed by atoms with Crippen molar-refractivity contribution in [2.45, 2.75) is 42.4 Å². The smallest absolute Gasteiger partial charge is 0.127 e. The molecule has 3 nitrogen and oxygen atoms in total. The summed E-state index contributed by atoms with van der Waals surface area (Å²) >= 11 is 3.58. The van der Waals surface area contributed by atoms with Gasteiger partial charge in [-0.2, -0.15) is 0 Å². The number of benzene rings is 1. The molecular formula is C15H19N3S2. The summed E-state index contributed by atoms with van der Waals surface area (Å²) in [6.45, 7) is 1.11. The van der Waals surface area contributed by atoms with E-state index >= 15 is 0 Å². The minimum atomic E-state index is 0.808. The van der Waals surface area contributed by atoms with Gasteiger partial charge in [0.05, 0.1) is 5.75 Å². The first-order valence-electron chi connectivity index (χ1n) is 7.12. The average molecular weight is 305 g/mol. The lowest BCUT2D eigenvalue weighted by molar-refractivity contribution is 0.643. The summed E-state index contributed by atoms with van der Waals surface area (Å²) in [5.74, 6) is 0.919. The Hall–Kier alpha value is -0.910. The maximum Gasteiger partial charge on any atom is 0.127 e. The molecule has 1 N–H and O–H groups in total. The van der Waals surface area contributed by atoms with Crippen LogP contribution in [0.1, 0.15) is 29.3 Å². The van der Waals surface area contributed by atoms with Crippen LogP contribution in [0.5, 0.6) is 0 Å². The first kappa shape index (κ1) is 14.0. The molecule has 0 unspecified atom stereocenters. The minimum absolute atomic E-state index is 0.808. The number of aromatic nitrogens is 2. The molecule has 1 aromatic carbocycles. The lowest BCUT2D eigenvalue weighted by Crippen LogP contribution is -2.17. The Labute approximate surface area is 128 Å². The van der Waals surface area contributed by atoms with E-state index in [2.05, 4.69) is 39.8 Å². The number of hydrogen-bond donors (Lipinski definition) is 1. The second kappa shape index (κ2) is 7.20. The molecule has 1 heterocycles. The summed E-state index contributed by atoms with van der Waals surface area (Å²) in [5.41, 5.74) is 0. The quantitative estimate of drug-likeness (QED) is 0.598. The van der Waals surface area contributed by atoms with Gasteiger partial charge in [0, 0.05) is 17.4 Å². The van der Waals surface area contributed by atoms with Gasteiger partial charge in [-0.25, -0.2) is 0 Å². The molecule has 2 aromatic rings. The van der Waals surface area contributed by atoms with E-state index in [0.717, 1.165) is 36.2 Å². The highest BCUT2D eigenvalue weighted by molar-refractivity contribution is 7.98. The van der Waals surface area contributed by atoms with Crippen LogP contribution in [0, 0.1) is 0 Å². The number of nitrogens with zero attached hydrogens (tertiary/aromatic N) is 2. The standard InChI is InChI=1S/C15H19N3S2/c1-2-5-13(6-3-1)19-11-15-18-17-14(20-15)7-4-10-16-12-8-9-12/h1-3,5-6,12,16H,4,7-11H2. The summed E-state index contributed by atoms with van der Waals surface area (Å²) in [6.07, 6.45) is 4.93. The van der Waals surface area contributed by atoms with Crippen LogP contribution in [-0.4, -0.2) is 22.8 Å². The molecule has 0 aliphatic heterocycles. The minimum Gasteiger partial charge on any atom is -0.314 e. The van der Waals surface area contributed by atoms with Gasteiger partial charge in [-0.3, -0.25) is 0 Å². The molecule has 0 saturated heterocycles. The summed E-state index contributed by atoms with van der Waals surface area (Å²) < 4.78 is 0. The van der Waals surface area contributed by atoms with Crippen molar-refractivity contribution in [2.75, 3.05) is 6.54 Å². The Morgan fingerprint density at radius 2 is 1.95 bits per heavy atom. The third-order valence-corrected chi connectivity index (χ3v) is 5.38. The van der Waals surface area contributed by atoms with Crippen molar-refractivity contribution in [1.82, 2.24) is 15.5 Å². The van der Waals surface area contributed by atoms with Gasteiger partial charge in [-0.15, -0.1) is 33.3 Å². The first-order chi connectivity index (χ1) is 9.90. The molecule has 20 heavy (non-hydrogen) atoms. The second-order valence-electron chi connectivity index (χ2n) is 5.02. The molecule has 1 aliphatic carbocycles. The van der Waals surface area contributed by atoms with Crippen LogP contribution >= 0.6 is 23.1 Å². The predicted octanol–water partition coefficient (Wildman–Crippen LogP) is 3.52. The van der Waals surface area contributed by atoms with E-state index in [1.807, 2.05) is 17.8 Å². The molecule has 1 aromatic heterocycles. The maximum absolute atomic E-state index is 4.29. The summed E-state index contributed by atoms with van der Waals surface area (Å²) in [5, 5.41) is 14.4.